The zero-order valence-corrected chi connectivity index (χ0v) is 11.1. The summed E-state index contributed by atoms with van der Waals surface area (Å²) >= 11 is 0. The Morgan fingerprint density at radius 1 is 1.44 bits per heavy atom. The van der Waals surface area contributed by atoms with Crippen LogP contribution in [0, 0.1) is 6.92 Å². The Kier molecular flexibility index (Phi) is 3.71. The normalized spacial score (nSPS) is 12.6. The zero-order chi connectivity index (χ0) is 13.1. The number of nitrogen functional groups attached to an aromatic ring is 1. The maximum absolute atomic E-state index is 11.1. The molecule has 2 N–H and O–H groups in total. The average Bonchev–Trinajstić information content (AvgIpc) is 2.78. The summed E-state index contributed by atoms with van der Waals surface area (Å²) in [4.78, 5) is 0. The van der Waals surface area contributed by atoms with Gasteiger partial charge in [-0.2, -0.15) is 0 Å². The summed E-state index contributed by atoms with van der Waals surface area (Å²) in [5.74, 6) is 1.20. The second-order valence-electron chi connectivity index (χ2n) is 4.07. The van der Waals surface area contributed by atoms with Gasteiger partial charge in [-0.25, -0.2) is 4.68 Å². The Bertz CT molecular complexity index is 581. The van der Waals surface area contributed by atoms with Crippen molar-refractivity contribution >= 4 is 16.5 Å². The monoisotopic (exact) mass is 265 g/mol. The van der Waals surface area contributed by atoms with Gasteiger partial charge in [-0.15, -0.1) is 5.10 Å². The number of tetrazole rings is 1. The molecule has 0 fully saturated rings. The molecule has 18 heavy (non-hydrogen) atoms. The molecule has 6 nitrogen and oxygen atoms in total. The van der Waals surface area contributed by atoms with Crippen LogP contribution in [0.1, 0.15) is 5.56 Å². The van der Waals surface area contributed by atoms with E-state index in [9.17, 15) is 4.21 Å². The Hall–Kier alpha value is -1.76. The molecular weight excluding hydrogens is 250 g/mol. The fraction of sp³-hybridized carbons (Fsp3) is 0.364. The number of aromatic nitrogens is 4. The standard InChI is InChI=1S/C11H15N5OS/c1-8-7-9(3-4-10(8)12)11-13-14-15-16(11)5-6-18(2)17/h3-4,7H,5-6,12H2,1-2H3. The summed E-state index contributed by atoms with van der Waals surface area (Å²) in [6.07, 6.45) is 1.66. The minimum atomic E-state index is -0.859. The Labute approximate surface area is 108 Å². The van der Waals surface area contributed by atoms with Gasteiger partial charge in [-0.3, -0.25) is 4.21 Å². The van der Waals surface area contributed by atoms with E-state index in [1.807, 2.05) is 25.1 Å². The molecule has 1 atom stereocenters. The van der Waals surface area contributed by atoms with Crippen LogP contribution in [0.4, 0.5) is 5.69 Å². The van der Waals surface area contributed by atoms with Crippen molar-refractivity contribution in [3.8, 4) is 11.4 Å². The third-order valence-corrected chi connectivity index (χ3v) is 3.41. The van der Waals surface area contributed by atoms with Crippen molar-refractivity contribution in [3.05, 3.63) is 23.8 Å². The van der Waals surface area contributed by atoms with Crippen molar-refractivity contribution < 1.29 is 4.21 Å². The summed E-state index contributed by atoms with van der Waals surface area (Å²) in [5.41, 5.74) is 8.42. The SMILES string of the molecule is Cc1cc(-c2nnnn2CCS(C)=O)ccc1N. The predicted molar refractivity (Wildman–Crippen MR) is 71.3 cm³/mol. The number of benzene rings is 1. The molecule has 0 aliphatic rings. The lowest BCUT2D eigenvalue weighted by molar-refractivity contribution is 0.625. The zero-order valence-electron chi connectivity index (χ0n) is 10.3. The lowest BCUT2D eigenvalue weighted by Gasteiger charge is -2.05. The van der Waals surface area contributed by atoms with E-state index in [-0.39, 0.29) is 0 Å². The Morgan fingerprint density at radius 3 is 2.89 bits per heavy atom. The third kappa shape index (κ3) is 2.73. The highest BCUT2D eigenvalue weighted by Gasteiger charge is 2.10. The van der Waals surface area contributed by atoms with Crippen LogP contribution >= 0.6 is 0 Å². The van der Waals surface area contributed by atoms with E-state index < -0.39 is 10.8 Å². The molecular formula is C11H15N5OS. The largest absolute Gasteiger partial charge is 0.399 e. The second-order valence-corrected chi connectivity index (χ2v) is 5.63. The molecule has 0 saturated heterocycles. The summed E-state index contributed by atoms with van der Waals surface area (Å²) in [7, 11) is -0.859. The van der Waals surface area contributed by atoms with Gasteiger partial charge in [0, 0.05) is 34.1 Å². The quantitative estimate of drug-likeness (QED) is 0.818. The number of hydrogen-bond acceptors (Lipinski definition) is 5. The minimum absolute atomic E-state index is 0.534. The molecule has 96 valence electrons. The van der Waals surface area contributed by atoms with Crippen molar-refractivity contribution in [2.45, 2.75) is 13.5 Å². The molecule has 1 aromatic carbocycles. The number of aryl methyl sites for hydroxylation is 2. The van der Waals surface area contributed by atoms with Gasteiger partial charge < -0.3 is 5.73 Å². The molecule has 1 unspecified atom stereocenters. The Balaban J connectivity index is 2.30. The van der Waals surface area contributed by atoms with Crippen molar-refractivity contribution in [1.29, 1.82) is 0 Å². The van der Waals surface area contributed by atoms with E-state index >= 15 is 0 Å². The van der Waals surface area contributed by atoms with Crippen molar-refractivity contribution in [1.82, 2.24) is 20.2 Å². The van der Waals surface area contributed by atoms with Crippen LogP contribution in [0.25, 0.3) is 11.4 Å². The van der Waals surface area contributed by atoms with Crippen molar-refractivity contribution in [3.63, 3.8) is 0 Å². The first kappa shape index (κ1) is 12.7. The highest BCUT2D eigenvalue weighted by atomic mass is 32.2. The van der Waals surface area contributed by atoms with Gasteiger partial charge in [0.2, 0.25) is 0 Å². The van der Waals surface area contributed by atoms with Crippen LogP contribution in [-0.4, -0.2) is 36.4 Å². The van der Waals surface area contributed by atoms with Gasteiger partial charge in [-0.05, 0) is 41.1 Å². The van der Waals surface area contributed by atoms with Crippen LogP contribution in [0.5, 0.6) is 0 Å². The van der Waals surface area contributed by atoms with Gasteiger partial charge in [-0.1, -0.05) is 0 Å². The van der Waals surface area contributed by atoms with E-state index in [1.54, 1.807) is 10.9 Å². The summed E-state index contributed by atoms with van der Waals surface area (Å²) in [6.45, 7) is 2.48. The molecule has 2 rings (SSSR count). The van der Waals surface area contributed by atoms with E-state index in [4.69, 9.17) is 5.73 Å². The predicted octanol–water partition coefficient (Wildman–Crippen LogP) is 0.609. The van der Waals surface area contributed by atoms with Crippen LogP contribution in [0.15, 0.2) is 18.2 Å². The molecule has 0 aliphatic carbocycles. The maximum atomic E-state index is 11.1. The van der Waals surface area contributed by atoms with Gasteiger partial charge in [0.05, 0.1) is 6.54 Å². The number of nitrogens with zero attached hydrogens (tertiary/aromatic N) is 4. The van der Waals surface area contributed by atoms with Crippen LogP contribution in [0.2, 0.25) is 0 Å². The molecule has 1 heterocycles. The number of hydrogen-bond donors (Lipinski definition) is 1. The molecule has 1 aromatic heterocycles. The van der Waals surface area contributed by atoms with Crippen LogP contribution in [0.3, 0.4) is 0 Å². The second kappa shape index (κ2) is 5.26. The molecule has 7 heteroatoms. The maximum Gasteiger partial charge on any atom is 0.182 e. The van der Waals surface area contributed by atoms with Gasteiger partial charge >= 0.3 is 0 Å². The number of nitrogens with two attached hydrogens (primary N) is 1. The van der Waals surface area contributed by atoms with Gasteiger partial charge in [0.25, 0.3) is 0 Å². The van der Waals surface area contributed by atoms with Crippen LogP contribution < -0.4 is 5.73 Å². The number of anilines is 1. The Morgan fingerprint density at radius 2 is 2.22 bits per heavy atom. The molecule has 0 saturated carbocycles. The van der Waals surface area contributed by atoms with Crippen molar-refractivity contribution in [2.24, 2.45) is 0 Å². The lowest BCUT2D eigenvalue weighted by atomic mass is 10.1. The molecule has 0 radical (unpaired) electrons. The van der Waals surface area contributed by atoms with E-state index in [0.717, 1.165) is 16.8 Å². The van der Waals surface area contributed by atoms with Gasteiger partial charge in [0.1, 0.15) is 0 Å². The average molecular weight is 265 g/mol. The number of rotatable bonds is 4. The van der Waals surface area contributed by atoms with Crippen LogP contribution in [-0.2, 0) is 17.3 Å². The molecule has 0 amide bonds. The summed E-state index contributed by atoms with van der Waals surface area (Å²) in [6, 6.07) is 5.66. The fourth-order valence-electron chi connectivity index (χ4n) is 1.59. The summed E-state index contributed by atoms with van der Waals surface area (Å²) in [5, 5.41) is 11.6. The first-order valence-electron chi connectivity index (χ1n) is 5.50. The van der Waals surface area contributed by atoms with E-state index in [1.165, 1.54) is 0 Å². The lowest BCUT2D eigenvalue weighted by Crippen LogP contribution is -2.09. The first-order valence-corrected chi connectivity index (χ1v) is 7.23. The molecule has 2 aromatic rings. The summed E-state index contributed by atoms with van der Waals surface area (Å²) < 4.78 is 12.8. The third-order valence-electron chi connectivity index (χ3n) is 2.65. The fourth-order valence-corrected chi connectivity index (χ4v) is 2.02. The first-order chi connectivity index (χ1) is 8.58. The van der Waals surface area contributed by atoms with Gasteiger partial charge in [0.15, 0.2) is 5.82 Å². The molecule has 0 bridgehead atoms. The molecule has 0 aliphatic heterocycles. The molecule has 0 spiro atoms. The highest BCUT2D eigenvalue weighted by molar-refractivity contribution is 7.84. The highest BCUT2D eigenvalue weighted by Crippen LogP contribution is 2.20. The minimum Gasteiger partial charge on any atom is -0.399 e. The van der Waals surface area contributed by atoms with E-state index in [2.05, 4.69) is 15.5 Å². The van der Waals surface area contributed by atoms with Crippen molar-refractivity contribution in [2.75, 3.05) is 17.7 Å². The topological polar surface area (TPSA) is 86.7 Å². The van der Waals surface area contributed by atoms with E-state index in [0.29, 0.717) is 18.1 Å². The smallest absolute Gasteiger partial charge is 0.182 e.